The van der Waals surface area contributed by atoms with Crippen molar-refractivity contribution in [3.63, 3.8) is 0 Å². The molecule has 632 valence electrons. The number of amides is 7. The van der Waals surface area contributed by atoms with Crippen molar-refractivity contribution in [3.8, 4) is 11.3 Å². The van der Waals surface area contributed by atoms with Crippen LogP contribution in [-0.2, 0) is 81.6 Å². The summed E-state index contributed by atoms with van der Waals surface area (Å²) in [6, 6.07) is 14.0. The van der Waals surface area contributed by atoms with E-state index in [2.05, 4.69) is 80.8 Å². The molecule has 3 aromatic carbocycles. The van der Waals surface area contributed by atoms with Crippen molar-refractivity contribution in [2.75, 3.05) is 129 Å². The first-order valence-electron chi connectivity index (χ1n) is 37.7. The van der Waals surface area contributed by atoms with E-state index in [1.165, 1.54) is 0 Å². The number of rotatable bonds is 52. The number of nitrogens with zero attached hydrogens (tertiary/aromatic N) is 7. The predicted octanol–water partition coefficient (Wildman–Crippen LogP) is 2.33. The first kappa shape index (κ1) is 95.3. The van der Waals surface area contributed by atoms with Crippen molar-refractivity contribution >= 4 is 129 Å². The van der Waals surface area contributed by atoms with Crippen LogP contribution in [0.3, 0.4) is 0 Å². The van der Waals surface area contributed by atoms with E-state index in [0.29, 0.717) is 100 Å². The first-order chi connectivity index (χ1) is 55.0. The van der Waals surface area contributed by atoms with Gasteiger partial charge >= 0.3 is 59.8 Å². The third-order valence-electron chi connectivity index (χ3n) is 18.0. The summed E-state index contributed by atoms with van der Waals surface area (Å²) in [6.45, 7) is 1.57. The monoisotopic (exact) mass is 1740 g/mol. The molecule has 41 heteroatoms. The Morgan fingerprint density at radius 3 is 1.62 bits per heavy atom. The second-order valence-electron chi connectivity index (χ2n) is 27.2. The Hall–Kier alpha value is -10.3. The molecule has 5 rings (SSSR count). The fourth-order valence-corrected chi connectivity index (χ4v) is 12.7. The lowest BCUT2D eigenvalue weighted by atomic mass is 10.0. The number of aromatic nitrogens is 3. The SMILES string of the molecule is O=C(O)CC[C@H](NC(=O)N[C@@H](CCCCNC(=O)Nc1cccc(-c2cnnn2CCCOCCCOCCC(=O)N[C@@H](CCCCNC(=S)Nc2ccc(CC3CN(CC(=O)O)CCN(CC(=O)O)CCN(CC(=O)O)CCN3CC(=O)O)cc2)C(=O)N[C@@H](CCCCNC(=O)Cc2ccc(I)cc2)C(=O)O)c1)C(=O)O)C(=O)O. The van der Waals surface area contributed by atoms with Crippen LogP contribution < -0.4 is 47.9 Å². The first-order valence-corrected chi connectivity index (χ1v) is 39.2. The molecule has 39 nitrogen and oxygen atoms in total. The number of nitrogens with one attached hydrogen (secondary N) is 9. The number of hydrogen-bond donors (Lipinski definition) is 17. The summed E-state index contributed by atoms with van der Waals surface area (Å²) in [5.41, 5.74) is 4.01. The fraction of sp³-hybridized carbons (Fsp3) is 0.541. The van der Waals surface area contributed by atoms with Crippen LogP contribution in [0, 0.1) is 3.57 Å². The van der Waals surface area contributed by atoms with Crippen LogP contribution in [0.2, 0.25) is 0 Å². The van der Waals surface area contributed by atoms with Crippen LogP contribution in [0.4, 0.5) is 21.0 Å². The molecular formula is C74H105IN16O23S. The number of aliphatic carboxylic acids is 8. The highest BCUT2D eigenvalue weighted by Crippen LogP contribution is 2.23. The van der Waals surface area contributed by atoms with Crippen molar-refractivity contribution in [1.29, 1.82) is 0 Å². The molecule has 0 aliphatic carbocycles. The number of carbonyl (C=O) groups is 13. The zero-order chi connectivity index (χ0) is 84.0. The Labute approximate surface area is 682 Å². The number of ether oxygens (including phenoxy) is 2. The van der Waals surface area contributed by atoms with Crippen LogP contribution in [0.15, 0.2) is 79.0 Å². The number of carboxylic acids is 8. The average Bonchev–Trinajstić information content (AvgIpc) is 1.78. The predicted molar refractivity (Wildman–Crippen MR) is 428 cm³/mol. The van der Waals surface area contributed by atoms with E-state index in [4.69, 9.17) is 26.8 Å². The number of thiocarbonyl (C=S) groups is 1. The maximum absolute atomic E-state index is 13.9. The molecule has 7 amide bonds. The van der Waals surface area contributed by atoms with Crippen LogP contribution in [0.1, 0.15) is 101 Å². The molecule has 1 saturated heterocycles. The van der Waals surface area contributed by atoms with Gasteiger partial charge in [0.1, 0.15) is 24.2 Å². The highest BCUT2D eigenvalue weighted by atomic mass is 127. The molecule has 0 radical (unpaired) electrons. The molecule has 1 aliphatic heterocycles. The van der Waals surface area contributed by atoms with Crippen LogP contribution in [0.5, 0.6) is 0 Å². The summed E-state index contributed by atoms with van der Waals surface area (Å²) in [7, 11) is 0. The van der Waals surface area contributed by atoms with Gasteiger partial charge in [0.25, 0.3) is 0 Å². The Morgan fingerprint density at radius 2 is 1.02 bits per heavy atom. The molecule has 4 aromatic rings. The topological polar surface area (TPSA) is 554 Å². The number of unbranched alkanes of at least 4 members (excludes halogenated alkanes) is 3. The van der Waals surface area contributed by atoms with Crippen molar-refractivity contribution < 1.29 is 113 Å². The smallest absolute Gasteiger partial charge is 0.326 e. The summed E-state index contributed by atoms with van der Waals surface area (Å²) < 4.78 is 14.3. The Morgan fingerprint density at radius 1 is 0.487 bits per heavy atom. The third-order valence-corrected chi connectivity index (χ3v) is 19.0. The number of carbonyl (C=O) groups excluding carboxylic acids is 5. The number of aryl methyl sites for hydroxylation is 1. The summed E-state index contributed by atoms with van der Waals surface area (Å²) in [6.07, 6.45) is 4.30. The lowest BCUT2D eigenvalue weighted by Crippen LogP contribution is -2.53. The van der Waals surface area contributed by atoms with E-state index >= 15 is 0 Å². The summed E-state index contributed by atoms with van der Waals surface area (Å²) >= 11 is 7.78. The van der Waals surface area contributed by atoms with E-state index in [9.17, 15) is 98.1 Å². The maximum Gasteiger partial charge on any atom is 0.326 e. The molecule has 5 atom stereocenters. The Balaban J connectivity index is 1.07. The second-order valence-corrected chi connectivity index (χ2v) is 28.9. The summed E-state index contributed by atoms with van der Waals surface area (Å²) in [5, 5.41) is 110. The number of anilines is 2. The second kappa shape index (κ2) is 53.0. The molecule has 2 heterocycles. The number of hydrogen-bond acceptors (Lipinski definition) is 22. The standard InChI is InChI=1S/C74H105IN16O23S/c75-52-19-15-50(16-20-52)41-62(93)76-26-4-2-13-57(69(105)106)83-68(104)56(12-1-6-28-78-74(115)81-53-21-17-49(18-22-53)40-55-44-89(47-66(100)101)33-32-87(45-64(96)97)30-31-88(46-65(98)99)34-35-90(55)48-67(102)103)82-61(92)25-39-114-38-9-37-113-36-8-29-91-60(43-79-86-91)51-10-7-11-54(42-51)80-72(111)77-27-5-3-14-58(70(107)108)84-73(112)85-59(71(109)110)23-24-63(94)95/h7,10-11,15-22,42-43,55-59H,1-6,8-9,12-14,23-41,44-48H2,(H,76,93)(H,82,92)(H,83,104)(H,94,95)(H,96,97)(H,98,99)(H,100,101)(H,102,103)(H,105,106)(H,107,108)(H,109,110)(H2,77,80,111)(H2,78,81,115)(H2,84,85,112)/t55?,56-,57-,58-,59-/m0/s1. The number of carboxylic acid groups (broad SMARTS) is 8. The average molecular weight is 1750 g/mol. The summed E-state index contributed by atoms with van der Waals surface area (Å²) in [5.74, 6) is -11.3. The van der Waals surface area contributed by atoms with Crippen LogP contribution >= 0.6 is 34.8 Å². The zero-order valence-electron chi connectivity index (χ0n) is 63.8. The third kappa shape index (κ3) is 40.5. The molecule has 1 unspecified atom stereocenters. The van der Waals surface area contributed by atoms with Gasteiger partial charge in [-0.25, -0.2) is 28.7 Å². The number of benzene rings is 3. The van der Waals surface area contributed by atoms with E-state index in [0.717, 1.165) is 14.7 Å². The normalized spacial score (nSPS) is 14.8. The van der Waals surface area contributed by atoms with Gasteiger partial charge in [-0.2, -0.15) is 0 Å². The Kier molecular flexibility index (Phi) is 43.9. The molecule has 0 saturated carbocycles. The van der Waals surface area contributed by atoms with E-state index in [1.54, 1.807) is 72.9 Å². The minimum absolute atomic E-state index is 0.00199. The largest absolute Gasteiger partial charge is 0.481 e. The van der Waals surface area contributed by atoms with Gasteiger partial charge in [-0.3, -0.25) is 58.0 Å². The van der Waals surface area contributed by atoms with Gasteiger partial charge in [-0.15, -0.1) is 5.10 Å². The lowest BCUT2D eigenvalue weighted by Gasteiger charge is -2.37. The van der Waals surface area contributed by atoms with E-state index < -0.39 is 128 Å². The van der Waals surface area contributed by atoms with E-state index in [1.807, 2.05) is 30.3 Å². The van der Waals surface area contributed by atoms with Crippen LogP contribution in [0.25, 0.3) is 11.3 Å². The molecule has 0 bridgehead atoms. The molecule has 115 heavy (non-hydrogen) atoms. The van der Waals surface area contributed by atoms with Gasteiger partial charge in [0.2, 0.25) is 17.7 Å². The van der Waals surface area contributed by atoms with Gasteiger partial charge < -0.3 is 98.2 Å². The van der Waals surface area contributed by atoms with E-state index in [-0.39, 0.29) is 135 Å². The quantitative estimate of drug-likeness (QED) is 0.0171. The molecule has 17 N–H and O–H groups in total. The van der Waals surface area contributed by atoms with Gasteiger partial charge in [0.05, 0.1) is 51.1 Å². The van der Waals surface area contributed by atoms with Gasteiger partial charge in [-0.1, -0.05) is 41.6 Å². The summed E-state index contributed by atoms with van der Waals surface area (Å²) in [4.78, 5) is 166. The van der Waals surface area contributed by atoms with Crippen LogP contribution in [-0.4, -0.2) is 306 Å². The van der Waals surface area contributed by atoms with Crippen molar-refractivity contribution in [2.24, 2.45) is 0 Å². The highest BCUT2D eigenvalue weighted by molar-refractivity contribution is 14.1. The Bertz CT molecular complexity index is 3830. The minimum Gasteiger partial charge on any atom is -0.481 e. The zero-order valence-corrected chi connectivity index (χ0v) is 66.7. The molecule has 1 fully saturated rings. The van der Waals surface area contributed by atoms with Crippen molar-refractivity contribution in [3.05, 3.63) is 93.7 Å². The maximum atomic E-state index is 13.9. The highest BCUT2D eigenvalue weighted by Gasteiger charge is 2.31. The molecule has 1 aromatic heterocycles. The molecule has 1 aliphatic rings. The number of halogens is 1. The van der Waals surface area contributed by atoms with Gasteiger partial charge in [0.15, 0.2) is 5.11 Å². The van der Waals surface area contributed by atoms with Gasteiger partial charge in [0, 0.05) is 131 Å². The molecular weight excluding hydrogens is 1640 g/mol. The fourth-order valence-electron chi connectivity index (χ4n) is 12.2. The van der Waals surface area contributed by atoms with Crippen molar-refractivity contribution in [1.82, 2.24) is 71.8 Å². The molecule has 0 spiro atoms. The van der Waals surface area contributed by atoms with Crippen molar-refractivity contribution in [2.45, 2.75) is 139 Å². The number of urea groups is 2. The minimum atomic E-state index is -1.54. The lowest BCUT2D eigenvalue weighted by molar-refractivity contribution is -0.142. The van der Waals surface area contributed by atoms with Gasteiger partial charge in [-0.05, 0) is 166 Å².